The Labute approximate surface area is 164 Å². The van der Waals surface area contributed by atoms with E-state index < -0.39 is 0 Å². The zero-order chi connectivity index (χ0) is 17.8. The van der Waals surface area contributed by atoms with E-state index in [2.05, 4.69) is 32.2 Å². The molecule has 0 aliphatic heterocycles. The summed E-state index contributed by atoms with van der Waals surface area (Å²) < 4.78 is 8.95. The largest absolute Gasteiger partial charge is 0.483 e. The van der Waals surface area contributed by atoms with Gasteiger partial charge in [0.2, 0.25) is 0 Å². The van der Waals surface area contributed by atoms with E-state index in [1.54, 1.807) is 11.8 Å². The molecule has 1 heterocycles. The second-order valence-electron chi connectivity index (χ2n) is 5.53. The Morgan fingerprint density at radius 3 is 2.68 bits per heavy atom. The first-order valence-corrected chi connectivity index (χ1v) is 9.87. The molecule has 25 heavy (non-hydrogen) atoms. The van der Waals surface area contributed by atoms with Crippen molar-refractivity contribution in [2.45, 2.75) is 23.9 Å². The van der Waals surface area contributed by atoms with Crippen LogP contribution in [0.3, 0.4) is 0 Å². The lowest BCUT2D eigenvalue weighted by molar-refractivity contribution is 0.211. The summed E-state index contributed by atoms with van der Waals surface area (Å²) in [6, 6.07) is 15.6. The number of nitrogens with zero attached hydrogens (tertiary/aromatic N) is 3. The monoisotopic (exact) mass is 437 g/mol. The van der Waals surface area contributed by atoms with Crippen LogP contribution in [0.4, 0.5) is 0 Å². The van der Waals surface area contributed by atoms with Gasteiger partial charge < -0.3 is 9.30 Å². The number of ether oxygens (including phenoxy) is 1. The Morgan fingerprint density at radius 1 is 1.20 bits per heavy atom. The lowest BCUT2D eigenvalue weighted by atomic mass is 10.2. The SMILES string of the molecule is CC(Oc1ccc(Br)cc1)c1nnc(SCc2cccc(Cl)c2)n1C. The number of rotatable bonds is 6. The molecule has 1 atom stereocenters. The molecule has 0 aliphatic carbocycles. The third-order valence-electron chi connectivity index (χ3n) is 3.62. The maximum absolute atomic E-state index is 6.03. The molecule has 1 unspecified atom stereocenters. The van der Waals surface area contributed by atoms with Gasteiger partial charge in [-0.2, -0.15) is 0 Å². The molecule has 7 heteroatoms. The quantitative estimate of drug-likeness (QED) is 0.465. The first-order chi connectivity index (χ1) is 12.0. The molecule has 0 saturated carbocycles. The van der Waals surface area contributed by atoms with E-state index in [0.29, 0.717) is 0 Å². The average molecular weight is 439 g/mol. The lowest BCUT2D eigenvalue weighted by Gasteiger charge is -2.14. The highest BCUT2D eigenvalue weighted by Crippen LogP contribution is 2.26. The molecule has 0 saturated heterocycles. The van der Waals surface area contributed by atoms with Crippen LogP contribution in [0.2, 0.25) is 5.02 Å². The van der Waals surface area contributed by atoms with Crippen molar-refractivity contribution < 1.29 is 4.74 Å². The molecular formula is C18H17BrClN3OS. The Bertz CT molecular complexity index is 854. The zero-order valence-electron chi connectivity index (χ0n) is 13.8. The fourth-order valence-corrected chi connectivity index (χ4v) is 3.69. The van der Waals surface area contributed by atoms with E-state index >= 15 is 0 Å². The summed E-state index contributed by atoms with van der Waals surface area (Å²) in [6.45, 7) is 1.97. The minimum absolute atomic E-state index is 0.195. The average Bonchev–Trinajstić information content (AvgIpc) is 2.96. The van der Waals surface area contributed by atoms with Crippen molar-refractivity contribution in [3.8, 4) is 5.75 Å². The van der Waals surface area contributed by atoms with Crippen molar-refractivity contribution in [3.63, 3.8) is 0 Å². The number of benzene rings is 2. The number of thioether (sulfide) groups is 1. The Morgan fingerprint density at radius 2 is 1.96 bits per heavy atom. The molecule has 0 N–H and O–H groups in total. The third-order valence-corrected chi connectivity index (χ3v) is 5.47. The summed E-state index contributed by atoms with van der Waals surface area (Å²) in [5, 5.41) is 10.2. The predicted molar refractivity (Wildman–Crippen MR) is 105 cm³/mol. The minimum Gasteiger partial charge on any atom is -0.483 e. The molecule has 2 aromatic carbocycles. The second kappa shape index (κ2) is 8.25. The number of aromatic nitrogens is 3. The van der Waals surface area contributed by atoms with E-state index in [4.69, 9.17) is 16.3 Å². The summed E-state index contributed by atoms with van der Waals surface area (Å²) in [5.41, 5.74) is 1.15. The second-order valence-corrected chi connectivity index (χ2v) is 7.83. The van der Waals surface area contributed by atoms with Crippen molar-refractivity contribution in [3.05, 3.63) is 69.4 Å². The third kappa shape index (κ3) is 4.77. The smallest absolute Gasteiger partial charge is 0.191 e. The van der Waals surface area contributed by atoms with Crippen molar-refractivity contribution in [1.29, 1.82) is 0 Å². The van der Waals surface area contributed by atoms with Gasteiger partial charge in [0, 0.05) is 22.3 Å². The van der Waals surface area contributed by atoms with Crippen LogP contribution in [0, 0.1) is 0 Å². The summed E-state index contributed by atoms with van der Waals surface area (Å²) in [5.74, 6) is 2.37. The molecule has 0 bridgehead atoms. The van der Waals surface area contributed by atoms with Crippen LogP contribution >= 0.6 is 39.3 Å². The van der Waals surface area contributed by atoms with Gasteiger partial charge in [0.15, 0.2) is 17.1 Å². The molecule has 0 radical (unpaired) electrons. The summed E-state index contributed by atoms with van der Waals surface area (Å²) in [6.07, 6.45) is -0.195. The summed E-state index contributed by atoms with van der Waals surface area (Å²) >= 11 is 11.1. The van der Waals surface area contributed by atoms with Gasteiger partial charge in [-0.1, -0.05) is 51.4 Å². The molecule has 0 fully saturated rings. The molecule has 4 nitrogen and oxygen atoms in total. The van der Waals surface area contributed by atoms with Crippen molar-refractivity contribution in [1.82, 2.24) is 14.8 Å². The maximum atomic E-state index is 6.03. The van der Waals surface area contributed by atoms with Crippen molar-refractivity contribution in [2.75, 3.05) is 0 Å². The van der Waals surface area contributed by atoms with E-state index in [-0.39, 0.29) is 6.10 Å². The van der Waals surface area contributed by atoms with Crippen LogP contribution in [-0.4, -0.2) is 14.8 Å². The Kier molecular flexibility index (Phi) is 6.04. The van der Waals surface area contributed by atoms with Gasteiger partial charge in [0.05, 0.1) is 0 Å². The lowest BCUT2D eigenvalue weighted by Crippen LogP contribution is -2.10. The number of hydrogen-bond donors (Lipinski definition) is 0. The van der Waals surface area contributed by atoms with Gasteiger partial charge in [-0.05, 0) is 48.9 Å². The van der Waals surface area contributed by atoms with Crippen LogP contribution in [0.1, 0.15) is 24.4 Å². The summed E-state index contributed by atoms with van der Waals surface area (Å²) in [7, 11) is 1.96. The molecule has 3 aromatic rings. The molecule has 1 aromatic heterocycles. The molecule has 3 rings (SSSR count). The molecule has 0 aliphatic rings. The first-order valence-electron chi connectivity index (χ1n) is 7.71. The zero-order valence-corrected chi connectivity index (χ0v) is 17.0. The predicted octanol–water partition coefficient (Wildman–Crippen LogP) is 5.66. The topological polar surface area (TPSA) is 39.9 Å². The molecule has 0 spiro atoms. The van der Waals surface area contributed by atoms with Gasteiger partial charge >= 0.3 is 0 Å². The van der Waals surface area contributed by atoms with Gasteiger partial charge in [-0.25, -0.2) is 0 Å². The van der Waals surface area contributed by atoms with Gasteiger partial charge in [0.25, 0.3) is 0 Å². The van der Waals surface area contributed by atoms with Crippen LogP contribution < -0.4 is 4.74 Å². The van der Waals surface area contributed by atoms with Crippen LogP contribution in [0.25, 0.3) is 0 Å². The fraction of sp³-hybridized carbons (Fsp3) is 0.222. The van der Waals surface area contributed by atoms with Crippen LogP contribution in [0.5, 0.6) is 5.75 Å². The number of halogens is 2. The molecular weight excluding hydrogens is 422 g/mol. The highest BCUT2D eigenvalue weighted by molar-refractivity contribution is 9.10. The Hall–Kier alpha value is -1.50. The van der Waals surface area contributed by atoms with Crippen molar-refractivity contribution in [2.24, 2.45) is 7.05 Å². The normalized spacial score (nSPS) is 12.2. The standard InChI is InChI=1S/C18H17BrClN3OS/c1-12(24-16-8-6-14(19)7-9-16)17-21-22-18(23(17)2)25-11-13-4-3-5-15(20)10-13/h3-10,12H,11H2,1-2H3. The molecule has 130 valence electrons. The maximum Gasteiger partial charge on any atom is 0.191 e. The van der Waals surface area contributed by atoms with E-state index in [1.807, 2.05) is 61.0 Å². The number of hydrogen-bond acceptors (Lipinski definition) is 4. The summed E-state index contributed by atoms with van der Waals surface area (Å²) in [4.78, 5) is 0. The van der Waals surface area contributed by atoms with Crippen LogP contribution in [-0.2, 0) is 12.8 Å². The molecule has 0 amide bonds. The Balaban J connectivity index is 1.66. The van der Waals surface area contributed by atoms with Gasteiger partial charge in [-0.15, -0.1) is 10.2 Å². The fourth-order valence-electron chi connectivity index (χ4n) is 2.35. The van der Waals surface area contributed by atoms with Crippen LogP contribution in [0.15, 0.2) is 58.2 Å². The highest BCUT2D eigenvalue weighted by atomic mass is 79.9. The van der Waals surface area contributed by atoms with E-state index in [1.165, 1.54) is 0 Å². The van der Waals surface area contributed by atoms with E-state index in [9.17, 15) is 0 Å². The van der Waals surface area contributed by atoms with Gasteiger partial charge in [-0.3, -0.25) is 0 Å². The van der Waals surface area contributed by atoms with Gasteiger partial charge in [0.1, 0.15) is 5.75 Å². The van der Waals surface area contributed by atoms with E-state index in [0.717, 1.165) is 37.5 Å². The van der Waals surface area contributed by atoms with Crippen molar-refractivity contribution >= 4 is 39.3 Å². The first kappa shape index (κ1) is 18.3. The minimum atomic E-state index is -0.195. The highest BCUT2D eigenvalue weighted by Gasteiger charge is 2.17.